The van der Waals surface area contributed by atoms with E-state index in [4.69, 9.17) is 12.6 Å². The summed E-state index contributed by atoms with van der Waals surface area (Å²) in [6.45, 7) is 0.800. The molecule has 0 saturated carbocycles. The number of nitrogens with zero attached hydrogens (tertiary/aromatic N) is 1. The van der Waals surface area contributed by atoms with Crippen molar-refractivity contribution in [1.29, 1.82) is 0 Å². The minimum absolute atomic E-state index is 0.0935. The van der Waals surface area contributed by atoms with Crippen molar-refractivity contribution in [2.24, 2.45) is 0 Å². The van der Waals surface area contributed by atoms with Crippen molar-refractivity contribution in [2.45, 2.75) is 38.3 Å². The van der Waals surface area contributed by atoms with Gasteiger partial charge in [0.2, 0.25) is 0 Å². The van der Waals surface area contributed by atoms with Gasteiger partial charge in [-0.15, -0.1) is 0 Å². The molecule has 1 fully saturated rings. The van der Waals surface area contributed by atoms with Crippen LogP contribution in [0.25, 0.3) is 0 Å². The highest BCUT2D eigenvalue weighted by Crippen LogP contribution is 2.21. The van der Waals surface area contributed by atoms with Gasteiger partial charge in [-0.3, -0.25) is 9.69 Å². The van der Waals surface area contributed by atoms with Crippen LogP contribution in [-0.4, -0.2) is 37.2 Å². The third-order valence-corrected chi connectivity index (χ3v) is 4.70. The second kappa shape index (κ2) is 8.70. The summed E-state index contributed by atoms with van der Waals surface area (Å²) in [5.74, 6) is 0.0935. The van der Waals surface area contributed by atoms with Crippen LogP contribution in [0.3, 0.4) is 0 Å². The van der Waals surface area contributed by atoms with Crippen molar-refractivity contribution in [2.75, 3.05) is 6.54 Å². The average molecular weight is 347 g/mol. The Labute approximate surface area is 155 Å². The molecular weight excluding hydrogens is 325 g/mol. The SMILES string of the molecule is [B]c1ccc(CCC(=O)[C@@H]2CCCN2C(=O)OCc2ccccc2)cc1. The van der Waals surface area contributed by atoms with E-state index in [2.05, 4.69) is 0 Å². The zero-order valence-corrected chi connectivity index (χ0v) is 14.8. The summed E-state index contributed by atoms with van der Waals surface area (Å²) in [5.41, 5.74) is 2.72. The average Bonchev–Trinajstić information content (AvgIpc) is 3.16. The standard InChI is InChI=1S/C21H22BNO3/c22-18-11-8-16(9-12-18)10-13-20(24)19-7-4-14-23(19)21(25)26-15-17-5-2-1-3-6-17/h1-3,5-6,8-9,11-12,19H,4,7,10,13-15H2/t19-/m0/s1. The van der Waals surface area contributed by atoms with Gasteiger partial charge in [-0.25, -0.2) is 4.79 Å². The first-order valence-electron chi connectivity index (χ1n) is 8.98. The van der Waals surface area contributed by atoms with Crippen molar-refractivity contribution >= 4 is 25.2 Å². The number of likely N-dealkylation sites (tertiary alicyclic amines) is 1. The molecule has 1 aliphatic heterocycles. The molecule has 132 valence electrons. The zero-order valence-electron chi connectivity index (χ0n) is 14.8. The molecule has 0 aromatic heterocycles. The molecule has 0 bridgehead atoms. The zero-order chi connectivity index (χ0) is 18.4. The van der Waals surface area contributed by atoms with Crippen LogP contribution < -0.4 is 5.46 Å². The van der Waals surface area contributed by atoms with E-state index < -0.39 is 6.09 Å². The Morgan fingerprint density at radius 2 is 1.77 bits per heavy atom. The molecule has 1 atom stereocenters. The number of aryl methyl sites for hydroxylation is 1. The van der Waals surface area contributed by atoms with E-state index in [1.54, 1.807) is 4.90 Å². The monoisotopic (exact) mass is 347 g/mol. The summed E-state index contributed by atoms with van der Waals surface area (Å²) in [7, 11) is 5.68. The lowest BCUT2D eigenvalue weighted by Gasteiger charge is -2.23. The lowest BCUT2D eigenvalue weighted by Crippen LogP contribution is -2.40. The van der Waals surface area contributed by atoms with Crippen LogP contribution in [0.2, 0.25) is 0 Å². The van der Waals surface area contributed by atoms with Crippen molar-refractivity contribution in [1.82, 2.24) is 4.90 Å². The second-order valence-corrected chi connectivity index (χ2v) is 6.60. The van der Waals surface area contributed by atoms with E-state index in [0.29, 0.717) is 31.3 Å². The fraction of sp³-hybridized carbons (Fsp3) is 0.333. The summed E-state index contributed by atoms with van der Waals surface area (Å²) >= 11 is 0. The number of hydrogen-bond donors (Lipinski definition) is 0. The van der Waals surface area contributed by atoms with Crippen molar-refractivity contribution in [3.8, 4) is 0 Å². The maximum Gasteiger partial charge on any atom is 0.410 e. The summed E-state index contributed by atoms with van der Waals surface area (Å²) in [5, 5.41) is 0. The van der Waals surface area contributed by atoms with Crippen molar-refractivity contribution in [3.63, 3.8) is 0 Å². The fourth-order valence-electron chi connectivity index (χ4n) is 3.24. The van der Waals surface area contributed by atoms with E-state index in [9.17, 15) is 9.59 Å². The van der Waals surface area contributed by atoms with Gasteiger partial charge in [0.05, 0.1) is 6.04 Å². The number of ether oxygens (including phenoxy) is 1. The molecule has 1 amide bonds. The molecule has 3 rings (SSSR count). The maximum absolute atomic E-state index is 12.6. The number of carbonyl (C=O) groups is 2. The van der Waals surface area contributed by atoms with Crippen molar-refractivity contribution < 1.29 is 14.3 Å². The predicted molar refractivity (Wildman–Crippen MR) is 102 cm³/mol. The van der Waals surface area contributed by atoms with E-state index >= 15 is 0 Å². The Balaban J connectivity index is 1.52. The number of benzene rings is 2. The molecule has 0 spiro atoms. The van der Waals surface area contributed by atoms with Crippen LogP contribution in [0, 0.1) is 0 Å². The Morgan fingerprint density at radius 3 is 2.50 bits per heavy atom. The third-order valence-electron chi connectivity index (χ3n) is 4.70. The normalized spacial score (nSPS) is 16.5. The van der Waals surface area contributed by atoms with Gasteiger partial charge in [0.15, 0.2) is 5.78 Å². The quantitative estimate of drug-likeness (QED) is 0.755. The number of rotatable bonds is 6. The minimum atomic E-state index is -0.405. The van der Waals surface area contributed by atoms with Crippen LogP contribution >= 0.6 is 0 Å². The van der Waals surface area contributed by atoms with E-state index in [-0.39, 0.29) is 18.4 Å². The van der Waals surface area contributed by atoms with Gasteiger partial charge < -0.3 is 4.74 Å². The van der Waals surface area contributed by atoms with Crippen LogP contribution in [0.1, 0.15) is 30.4 Å². The smallest absolute Gasteiger partial charge is 0.410 e. The first kappa shape index (κ1) is 18.2. The first-order chi connectivity index (χ1) is 12.6. The summed E-state index contributed by atoms with van der Waals surface area (Å²) in [4.78, 5) is 26.6. The Hall–Kier alpha value is -2.56. The predicted octanol–water partition coefficient (Wildman–Crippen LogP) is 2.78. The molecule has 2 aromatic rings. The maximum atomic E-state index is 12.6. The van der Waals surface area contributed by atoms with Crippen LogP contribution in [-0.2, 0) is 22.6 Å². The second-order valence-electron chi connectivity index (χ2n) is 6.60. The highest BCUT2D eigenvalue weighted by Gasteiger charge is 2.34. The number of ketones is 1. The van der Waals surface area contributed by atoms with Gasteiger partial charge in [0.25, 0.3) is 0 Å². The highest BCUT2D eigenvalue weighted by atomic mass is 16.6. The van der Waals surface area contributed by atoms with Crippen LogP contribution in [0.4, 0.5) is 4.79 Å². The van der Waals surface area contributed by atoms with Crippen LogP contribution in [0.5, 0.6) is 0 Å². The highest BCUT2D eigenvalue weighted by molar-refractivity contribution is 6.32. The minimum Gasteiger partial charge on any atom is -0.445 e. The molecule has 0 N–H and O–H groups in total. The summed E-state index contributed by atoms with van der Waals surface area (Å²) < 4.78 is 5.39. The number of Topliss-reactive ketones (excluding diaryl/α,β-unsaturated/α-hetero) is 1. The fourth-order valence-corrected chi connectivity index (χ4v) is 3.24. The number of amides is 1. The van der Waals surface area contributed by atoms with E-state index in [1.165, 1.54) is 0 Å². The molecule has 1 saturated heterocycles. The lowest BCUT2D eigenvalue weighted by molar-refractivity contribution is -0.123. The van der Waals surface area contributed by atoms with Gasteiger partial charge in [-0.2, -0.15) is 0 Å². The van der Waals surface area contributed by atoms with Gasteiger partial charge in [-0.1, -0.05) is 60.1 Å². The van der Waals surface area contributed by atoms with Gasteiger partial charge in [0, 0.05) is 13.0 Å². The van der Waals surface area contributed by atoms with Gasteiger partial charge >= 0.3 is 6.09 Å². The molecular formula is C21H22BNO3. The molecule has 2 aromatic carbocycles. The lowest BCUT2D eigenvalue weighted by atomic mass is 9.94. The molecule has 0 aliphatic carbocycles. The Kier molecular flexibility index (Phi) is 6.10. The largest absolute Gasteiger partial charge is 0.445 e. The summed E-state index contributed by atoms with van der Waals surface area (Å²) in [6, 6.07) is 16.7. The van der Waals surface area contributed by atoms with Gasteiger partial charge in [0.1, 0.15) is 14.5 Å². The molecule has 26 heavy (non-hydrogen) atoms. The van der Waals surface area contributed by atoms with Gasteiger partial charge in [-0.05, 0) is 30.4 Å². The molecule has 1 aliphatic rings. The van der Waals surface area contributed by atoms with Crippen LogP contribution in [0.15, 0.2) is 54.6 Å². The Bertz CT molecular complexity index is 746. The number of hydrogen-bond acceptors (Lipinski definition) is 3. The van der Waals surface area contributed by atoms with E-state index in [1.807, 2.05) is 54.6 Å². The van der Waals surface area contributed by atoms with E-state index in [0.717, 1.165) is 17.5 Å². The third kappa shape index (κ3) is 4.75. The topological polar surface area (TPSA) is 46.6 Å². The molecule has 2 radical (unpaired) electrons. The van der Waals surface area contributed by atoms with Crippen molar-refractivity contribution in [3.05, 3.63) is 65.7 Å². The molecule has 5 heteroatoms. The molecule has 0 unspecified atom stereocenters. The summed E-state index contributed by atoms with van der Waals surface area (Å²) in [6.07, 6.45) is 2.21. The Morgan fingerprint density at radius 1 is 1.04 bits per heavy atom. The number of carbonyl (C=O) groups excluding carboxylic acids is 2. The molecule has 1 heterocycles. The first-order valence-corrected chi connectivity index (χ1v) is 8.98. The molecule has 4 nitrogen and oxygen atoms in total.